The van der Waals surface area contributed by atoms with E-state index in [4.69, 9.17) is 4.74 Å². The van der Waals surface area contributed by atoms with E-state index in [2.05, 4.69) is 57.6 Å². The number of carbonyl (C=O) groups is 1. The predicted octanol–water partition coefficient (Wildman–Crippen LogP) is 5.19. The molecular formula is C28H33N3O2. The minimum atomic E-state index is -0.103. The van der Waals surface area contributed by atoms with Gasteiger partial charge in [0.2, 0.25) is 0 Å². The van der Waals surface area contributed by atoms with Crippen molar-refractivity contribution in [1.29, 1.82) is 0 Å². The molecule has 1 aliphatic heterocycles. The maximum absolute atomic E-state index is 12.6. The highest BCUT2D eigenvalue weighted by molar-refractivity contribution is 6.04. The average Bonchev–Trinajstić information content (AvgIpc) is 2.85. The number of ether oxygens (including phenoxy) is 1. The lowest BCUT2D eigenvalue weighted by atomic mass is 10.1. The minimum absolute atomic E-state index is 0.103. The van der Waals surface area contributed by atoms with Crippen molar-refractivity contribution in [3.63, 3.8) is 0 Å². The Balaban J connectivity index is 1.26. The molecule has 0 aliphatic carbocycles. The summed E-state index contributed by atoms with van der Waals surface area (Å²) < 4.78 is 5.61. The van der Waals surface area contributed by atoms with Crippen molar-refractivity contribution < 1.29 is 9.53 Å². The first-order valence-electron chi connectivity index (χ1n) is 11.7. The van der Waals surface area contributed by atoms with Gasteiger partial charge in [-0.05, 0) is 61.4 Å². The Morgan fingerprint density at radius 2 is 1.52 bits per heavy atom. The number of hydrogen-bond acceptors (Lipinski definition) is 4. The molecular weight excluding hydrogens is 410 g/mol. The third kappa shape index (κ3) is 6.67. The van der Waals surface area contributed by atoms with E-state index in [1.165, 1.54) is 11.3 Å². The third-order valence-electron chi connectivity index (χ3n) is 5.91. The molecule has 0 saturated carbocycles. The van der Waals surface area contributed by atoms with Gasteiger partial charge in [0.25, 0.3) is 5.91 Å². The standard InChI is InChI=1S/C28H33N3O2/c1-22(2)33-21-24-8-10-25(11-9-24)28(32)29-26-12-14-27(15-13-26)31-18-16-30(17-19-31)20-23-6-4-3-5-7-23/h3-15,22H,16-21H2,1-2H3,(H,29,32). The fraction of sp³-hybridized carbons (Fsp3) is 0.321. The van der Waals surface area contributed by atoms with Gasteiger partial charge in [-0.1, -0.05) is 42.5 Å². The van der Waals surface area contributed by atoms with Gasteiger partial charge >= 0.3 is 0 Å². The molecule has 0 spiro atoms. The molecule has 1 fully saturated rings. The van der Waals surface area contributed by atoms with Gasteiger partial charge in [-0.3, -0.25) is 9.69 Å². The monoisotopic (exact) mass is 443 g/mol. The van der Waals surface area contributed by atoms with E-state index < -0.39 is 0 Å². The van der Waals surface area contributed by atoms with Crippen LogP contribution >= 0.6 is 0 Å². The van der Waals surface area contributed by atoms with Crippen LogP contribution in [0, 0.1) is 0 Å². The predicted molar refractivity (Wildman–Crippen MR) is 135 cm³/mol. The molecule has 33 heavy (non-hydrogen) atoms. The summed E-state index contributed by atoms with van der Waals surface area (Å²) in [6.45, 7) is 9.69. The SMILES string of the molecule is CC(C)OCc1ccc(C(=O)Nc2ccc(N3CCN(Cc4ccccc4)CC3)cc2)cc1. The normalized spacial score (nSPS) is 14.5. The van der Waals surface area contributed by atoms with E-state index in [9.17, 15) is 4.79 Å². The topological polar surface area (TPSA) is 44.8 Å². The fourth-order valence-electron chi connectivity index (χ4n) is 3.98. The number of amides is 1. The Hall–Kier alpha value is -3.15. The van der Waals surface area contributed by atoms with Gasteiger partial charge in [0.1, 0.15) is 0 Å². The molecule has 1 aliphatic rings. The van der Waals surface area contributed by atoms with Crippen LogP contribution in [-0.2, 0) is 17.9 Å². The maximum atomic E-state index is 12.6. The van der Waals surface area contributed by atoms with Crippen LogP contribution in [0.1, 0.15) is 35.3 Å². The molecule has 0 radical (unpaired) electrons. The van der Waals surface area contributed by atoms with Crippen molar-refractivity contribution in [1.82, 2.24) is 4.90 Å². The zero-order chi connectivity index (χ0) is 23.0. The molecule has 1 N–H and O–H groups in total. The minimum Gasteiger partial charge on any atom is -0.374 e. The van der Waals surface area contributed by atoms with Crippen LogP contribution in [0.3, 0.4) is 0 Å². The molecule has 0 aromatic heterocycles. The van der Waals surface area contributed by atoms with Gasteiger partial charge in [-0.25, -0.2) is 0 Å². The average molecular weight is 444 g/mol. The van der Waals surface area contributed by atoms with Gasteiger partial charge in [0, 0.05) is 49.7 Å². The summed E-state index contributed by atoms with van der Waals surface area (Å²) >= 11 is 0. The number of anilines is 2. The Kier molecular flexibility index (Phi) is 7.76. The van der Waals surface area contributed by atoms with Crippen LogP contribution in [0.25, 0.3) is 0 Å². The van der Waals surface area contributed by atoms with Gasteiger partial charge in [0.05, 0.1) is 12.7 Å². The molecule has 172 valence electrons. The highest BCUT2D eigenvalue weighted by Gasteiger charge is 2.17. The van der Waals surface area contributed by atoms with E-state index in [0.717, 1.165) is 44.0 Å². The number of nitrogens with one attached hydrogen (secondary N) is 1. The Morgan fingerprint density at radius 3 is 2.15 bits per heavy atom. The molecule has 0 bridgehead atoms. The maximum Gasteiger partial charge on any atom is 0.255 e. The van der Waals surface area contributed by atoms with Crippen LogP contribution in [0.15, 0.2) is 78.9 Å². The molecule has 3 aromatic rings. The summed E-state index contributed by atoms with van der Waals surface area (Å²) in [7, 11) is 0. The largest absolute Gasteiger partial charge is 0.374 e. The van der Waals surface area contributed by atoms with Gasteiger partial charge in [-0.15, -0.1) is 0 Å². The van der Waals surface area contributed by atoms with E-state index in [0.29, 0.717) is 12.2 Å². The molecule has 4 rings (SSSR count). The van der Waals surface area contributed by atoms with Gasteiger partial charge < -0.3 is 15.0 Å². The lowest BCUT2D eigenvalue weighted by Gasteiger charge is -2.36. The van der Waals surface area contributed by atoms with Crippen LogP contribution in [0.5, 0.6) is 0 Å². The first-order valence-corrected chi connectivity index (χ1v) is 11.7. The third-order valence-corrected chi connectivity index (χ3v) is 5.91. The second-order valence-corrected chi connectivity index (χ2v) is 8.81. The summed E-state index contributed by atoms with van der Waals surface area (Å²) in [5, 5.41) is 3.00. The first-order chi connectivity index (χ1) is 16.1. The van der Waals surface area contributed by atoms with E-state index >= 15 is 0 Å². The van der Waals surface area contributed by atoms with Gasteiger partial charge in [-0.2, -0.15) is 0 Å². The number of piperazine rings is 1. The summed E-state index contributed by atoms with van der Waals surface area (Å²) in [6, 6.07) is 26.4. The molecule has 3 aromatic carbocycles. The zero-order valence-corrected chi connectivity index (χ0v) is 19.5. The number of carbonyl (C=O) groups excluding carboxylic acids is 1. The van der Waals surface area contributed by atoms with Crippen molar-refractivity contribution in [2.75, 3.05) is 36.4 Å². The number of rotatable bonds is 8. The second kappa shape index (κ2) is 11.1. The van der Waals surface area contributed by atoms with Crippen molar-refractivity contribution in [3.8, 4) is 0 Å². The molecule has 5 heteroatoms. The highest BCUT2D eigenvalue weighted by Crippen LogP contribution is 2.21. The van der Waals surface area contributed by atoms with Crippen LogP contribution in [0.4, 0.5) is 11.4 Å². The lowest BCUT2D eigenvalue weighted by molar-refractivity contribution is 0.0657. The molecule has 0 atom stereocenters. The lowest BCUT2D eigenvalue weighted by Crippen LogP contribution is -2.45. The van der Waals surface area contributed by atoms with Crippen molar-refractivity contribution in [2.45, 2.75) is 33.1 Å². The number of benzene rings is 3. The molecule has 1 heterocycles. The second-order valence-electron chi connectivity index (χ2n) is 8.81. The Labute approximate surface area is 197 Å². The fourth-order valence-corrected chi connectivity index (χ4v) is 3.98. The van der Waals surface area contributed by atoms with Crippen LogP contribution in [-0.4, -0.2) is 43.1 Å². The first kappa shape index (κ1) is 23.0. The van der Waals surface area contributed by atoms with Crippen molar-refractivity contribution in [2.24, 2.45) is 0 Å². The molecule has 1 saturated heterocycles. The summed E-state index contributed by atoms with van der Waals surface area (Å²) in [6.07, 6.45) is 0.189. The van der Waals surface area contributed by atoms with E-state index in [-0.39, 0.29) is 12.0 Å². The van der Waals surface area contributed by atoms with E-state index in [1.54, 1.807) is 0 Å². The Bertz CT molecular complexity index is 1010. The van der Waals surface area contributed by atoms with Crippen LogP contribution in [0.2, 0.25) is 0 Å². The van der Waals surface area contributed by atoms with E-state index in [1.807, 2.05) is 50.2 Å². The summed E-state index contributed by atoms with van der Waals surface area (Å²) in [4.78, 5) is 17.5. The van der Waals surface area contributed by atoms with Crippen molar-refractivity contribution >= 4 is 17.3 Å². The summed E-state index contributed by atoms with van der Waals surface area (Å²) in [5.41, 5.74) is 5.07. The highest BCUT2D eigenvalue weighted by atomic mass is 16.5. The Morgan fingerprint density at radius 1 is 0.848 bits per heavy atom. The number of nitrogens with zero attached hydrogens (tertiary/aromatic N) is 2. The smallest absolute Gasteiger partial charge is 0.255 e. The van der Waals surface area contributed by atoms with Crippen molar-refractivity contribution in [3.05, 3.63) is 95.6 Å². The zero-order valence-electron chi connectivity index (χ0n) is 19.5. The molecule has 0 unspecified atom stereocenters. The molecule has 1 amide bonds. The number of hydrogen-bond donors (Lipinski definition) is 1. The van der Waals surface area contributed by atoms with Gasteiger partial charge in [0.15, 0.2) is 0 Å². The quantitative estimate of drug-likeness (QED) is 0.521. The molecule has 5 nitrogen and oxygen atoms in total. The van der Waals surface area contributed by atoms with Crippen LogP contribution < -0.4 is 10.2 Å². The summed E-state index contributed by atoms with van der Waals surface area (Å²) in [5.74, 6) is -0.103.